The molecule has 7 nitrogen and oxygen atoms in total. The number of likely N-dealkylation sites (tertiary alicyclic amines) is 1. The summed E-state index contributed by atoms with van der Waals surface area (Å²) in [7, 11) is 0. The van der Waals surface area contributed by atoms with E-state index in [1.165, 1.54) is 0 Å². The van der Waals surface area contributed by atoms with E-state index in [1.54, 1.807) is 0 Å². The van der Waals surface area contributed by atoms with Crippen LogP contribution in [0.5, 0.6) is 11.5 Å². The molecule has 0 radical (unpaired) electrons. The van der Waals surface area contributed by atoms with Crippen LogP contribution in [0.3, 0.4) is 0 Å². The lowest BCUT2D eigenvalue weighted by molar-refractivity contribution is -0.121. The number of carbonyl (C=O) groups is 2. The van der Waals surface area contributed by atoms with Crippen molar-refractivity contribution in [3.63, 3.8) is 0 Å². The average molecular weight is 424 g/mol. The van der Waals surface area contributed by atoms with Gasteiger partial charge >= 0.3 is 6.03 Å². The number of amides is 3. The second kappa shape index (κ2) is 9.39. The third kappa shape index (κ3) is 5.17. The zero-order chi connectivity index (χ0) is 21.8. The SMILES string of the molecule is Cc1ccc(NC(=O)NC(=O)CN2CCC[C@@H]2c2ccc3c(c2)OCCCO3)cc1C. The highest BCUT2D eigenvalue weighted by Gasteiger charge is 2.29. The number of ether oxygens (including phenoxy) is 2. The molecule has 2 N–H and O–H groups in total. The molecule has 31 heavy (non-hydrogen) atoms. The van der Waals surface area contributed by atoms with Gasteiger partial charge in [0.05, 0.1) is 19.8 Å². The quantitative estimate of drug-likeness (QED) is 0.778. The highest BCUT2D eigenvalue weighted by molar-refractivity contribution is 6.01. The summed E-state index contributed by atoms with van der Waals surface area (Å²) in [4.78, 5) is 26.9. The number of carbonyl (C=O) groups excluding carboxylic acids is 2. The summed E-state index contributed by atoms with van der Waals surface area (Å²) >= 11 is 0. The van der Waals surface area contributed by atoms with Crippen LogP contribution in [0.15, 0.2) is 36.4 Å². The minimum absolute atomic E-state index is 0.116. The van der Waals surface area contributed by atoms with Crippen LogP contribution in [0.25, 0.3) is 0 Å². The standard InChI is InChI=1S/C24H29N3O4/c1-16-6-8-19(13-17(16)2)25-24(29)26-23(28)15-27-10-3-5-20(27)18-7-9-21-22(14-18)31-12-4-11-30-21/h6-9,13-14,20H,3-5,10-12,15H2,1-2H3,(H2,25,26,28,29)/t20-/m1/s1. The number of hydrogen-bond donors (Lipinski definition) is 2. The maximum absolute atomic E-state index is 12.5. The van der Waals surface area contributed by atoms with Gasteiger partial charge in [0.15, 0.2) is 11.5 Å². The Morgan fingerprint density at radius 1 is 1.00 bits per heavy atom. The van der Waals surface area contributed by atoms with Crippen molar-refractivity contribution in [1.82, 2.24) is 10.2 Å². The topological polar surface area (TPSA) is 79.9 Å². The molecule has 4 rings (SSSR count). The third-order valence-electron chi connectivity index (χ3n) is 5.88. The molecule has 0 spiro atoms. The summed E-state index contributed by atoms with van der Waals surface area (Å²) in [5, 5.41) is 5.17. The number of fused-ring (bicyclic) bond motifs is 1. The lowest BCUT2D eigenvalue weighted by Gasteiger charge is -2.24. The van der Waals surface area contributed by atoms with Gasteiger partial charge in [-0.2, -0.15) is 0 Å². The number of nitrogens with one attached hydrogen (secondary N) is 2. The molecule has 3 amide bonds. The van der Waals surface area contributed by atoms with Gasteiger partial charge in [-0.3, -0.25) is 15.0 Å². The van der Waals surface area contributed by atoms with Crippen molar-refractivity contribution in [3.05, 3.63) is 53.1 Å². The van der Waals surface area contributed by atoms with E-state index in [2.05, 4.69) is 15.5 Å². The molecule has 2 aliphatic rings. The molecular weight excluding hydrogens is 394 g/mol. The van der Waals surface area contributed by atoms with Crippen LogP contribution in [0.1, 0.15) is 42.0 Å². The summed E-state index contributed by atoms with van der Waals surface area (Å²) in [6.45, 7) is 6.27. The molecule has 0 aromatic heterocycles. The number of nitrogens with zero attached hydrogens (tertiary/aromatic N) is 1. The first kappa shape index (κ1) is 21.2. The minimum Gasteiger partial charge on any atom is -0.490 e. The molecule has 0 bridgehead atoms. The van der Waals surface area contributed by atoms with E-state index >= 15 is 0 Å². The Hall–Kier alpha value is -3.06. The number of imide groups is 1. The van der Waals surface area contributed by atoms with Gasteiger partial charge in [0.1, 0.15) is 0 Å². The molecule has 1 atom stereocenters. The summed E-state index contributed by atoms with van der Waals surface area (Å²) in [6.07, 6.45) is 2.83. The Bertz CT molecular complexity index is 975. The number of rotatable bonds is 4. The zero-order valence-corrected chi connectivity index (χ0v) is 18.1. The van der Waals surface area contributed by atoms with Gasteiger partial charge in [0.25, 0.3) is 0 Å². The first-order chi connectivity index (χ1) is 15.0. The highest BCUT2D eigenvalue weighted by atomic mass is 16.5. The molecule has 2 heterocycles. The molecule has 2 aromatic carbocycles. The predicted molar refractivity (Wildman–Crippen MR) is 119 cm³/mol. The molecule has 0 unspecified atom stereocenters. The Balaban J connectivity index is 1.36. The minimum atomic E-state index is -0.514. The van der Waals surface area contributed by atoms with E-state index in [0.717, 1.165) is 54.0 Å². The van der Waals surface area contributed by atoms with E-state index in [-0.39, 0.29) is 18.5 Å². The van der Waals surface area contributed by atoms with Crippen molar-refractivity contribution >= 4 is 17.6 Å². The van der Waals surface area contributed by atoms with Crippen LogP contribution in [0, 0.1) is 13.8 Å². The van der Waals surface area contributed by atoms with Gasteiger partial charge in [-0.1, -0.05) is 12.1 Å². The van der Waals surface area contributed by atoms with Crippen LogP contribution in [0.4, 0.5) is 10.5 Å². The largest absolute Gasteiger partial charge is 0.490 e. The summed E-state index contributed by atoms with van der Waals surface area (Å²) in [5.74, 6) is 1.22. The van der Waals surface area contributed by atoms with Crippen LogP contribution in [-0.2, 0) is 4.79 Å². The normalized spacial score (nSPS) is 18.3. The third-order valence-corrected chi connectivity index (χ3v) is 5.88. The van der Waals surface area contributed by atoms with Gasteiger partial charge in [0.2, 0.25) is 5.91 Å². The average Bonchev–Trinajstić information content (AvgIpc) is 3.05. The second-order valence-corrected chi connectivity index (χ2v) is 8.19. The van der Waals surface area contributed by atoms with Crippen molar-refractivity contribution in [2.45, 2.75) is 39.2 Å². The molecule has 2 aromatic rings. The van der Waals surface area contributed by atoms with E-state index in [0.29, 0.717) is 18.9 Å². The summed E-state index contributed by atoms with van der Waals surface area (Å²) < 4.78 is 11.5. The van der Waals surface area contributed by atoms with Crippen molar-refractivity contribution in [1.29, 1.82) is 0 Å². The first-order valence-corrected chi connectivity index (χ1v) is 10.8. The maximum Gasteiger partial charge on any atom is 0.325 e. The van der Waals surface area contributed by atoms with Gasteiger partial charge in [-0.05, 0) is 74.2 Å². The lowest BCUT2D eigenvalue weighted by Crippen LogP contribution is -2.41. The lowest BCUT2D eigenvalue weighted by atomic mass is 10.0. The van der Waals surface area contributed by atoms with Crippen molar-refractivity contribution < 1.29 is 19.1 Å². The van der Waals surface area contributed by atoms with E-state index in [1.807, 2.05) is 50.2 Å². The number of benzene rings is 2. The molecule has 0 aliphatic carbocycles. The molecule has 164 valence electrons. The van der Waals surface area contributed by atoms with Crippen LogP contribution < -0.4 is 20.1 Å². The number of hydrogen-bond acceptors (Lipinski definition) is 5. The van der Waals surface area contributed by atoms with Crippen LogP contribution in [0.2, 0.25) is 0 Å². The fourth-order valence-electron chi connectivity index (χ4n) is 4.11. The van der Waals surface area contributed by atoms with Crippen molar-refractivity contribution in [3.8, 4) is 11.5 Å². The van der Waals surface area contributed by atoms with Crippen LogP contribution >= 0.6 is 0 Å². The Morgan fingerprint density at radius 2 is 1.81 bits per heavy atom. The second-order valence-electron chi connectivity index (χ2n) is 8.19. The van der Waals surface area contributed by atoms with Gasteiger partial charge in [-0.25, -0.2) is 4.79 Å². The Labute approximate surface area is 182 Å². The zero-order valence-electron chi connectivity index (χ0n) is 18.1. The van der Waals surface area contributed by atoms with Gasteiger partial charge in [-0.15, -0.1) is 0 Å². The summed E-state index contributed by atoms with van der Waals surface area (Å²) in [6, 6.07) is 11.3. The molecule has 0 saturated carbocycles. The smallest absolute Gasteiger partial charge is 0.325 e. The fraction of sp³-hybridized carbons (Fsp3) is 0.417. The predicted octanol–water partition coefficient (Wildman–Crippen LogP) is 3.95. The Kier molecular flexibility index (Phi) is 6.42. The van der Waals surface area contributed by atoms with Gasteiger partial charge < -0.3 is 14.8 Å². The van der Waals surface area contributed by atoms with E-state index in [9.17, 15) is 9.59 Å². The molecule has 1 fully saturated rings. The monoisotopic (exact) mass is 423 g/mol. The van der Waals surface area contributed by atoms with Gasteiger partial charge in [0, 0.05) is 18.2 Å². The number of urea groups is 1. The number of anilines is 1. The fourth-order valence-corrected chi connectivity index (χ4v) is 4.11. The highest BCUT2D eigenvalue weighted by Crippen LogP contribution is 2.37. The molecule has 2 aliphatic heterocycles. The maximum atomic E-state index is 12.5. The molecular formula is C24H29N3O4. The molecule has 1 saturated heterocycles. The van der Waals surface area contributed by atoms with E-state index < -0.39 is 6.03 Å². The van der Waals surface area contributed by atoms with Crippen LogP contribution in [-0.4, -0.2) is 43.1 Å². The van der Waals surface area contributed by atoms with E-state index in [4.69, 9.17) is 9.47 Å². The first-order valence-electron chi connectivity index (χ1n) is 10.8. The van der Waals surface area contributed by atoms with Crippen molar-refractivity contribution in [2.24, 2.45) is 0 Å². The Morgan fingerprint density at radius 3 is 2.61 bits per heavy atom. The van der Waals surface area contributed by atoms with Crippen molar-refractivity contribution in [2.75, 3.05) is 31.6 Å². The number of aryl methyl sites for hydroxylation is 2. The molecule has 7 heteroatoms. The summed E-state index contributed by atoms with van der Waals surface area (Å²) in [5.41, 5.74) is 4.00.